The fraction of sp³-hybridized carbons (Fsp3) is 0.429. The molecule has 0 atom stereocenters. The Hall–Kier alpha value is -2.02. The van der Waals surface area contributed by atoms with Crippen molar-refractivity contribution in [3.05, 3.63) is 29.8 Å². The van der Waals surface area contributed by atoms with Gasteiger partial charge in [0.05, 0.1) is 11.6 Å². The van der Waals surface area contributed by atoms with E-state index in [9.17, 15) is 4.79 Å². The van der Waals surface area contributed by atoms with Gasteiger partial charge in [0.25, 0.3) is 0 Å². The van der Waals surface area contributed by atoms with Crippen LogP contribution in [0.1, 0.15) is 25.8 Å². The zero-order valence-electron chi connectivity index (χ0n) is 11.1. The molecule has 0 aliphatic heterocycles. The van der Waals surface area contributed by atoms with E-state index >= 15 is 0 Å². The van der Waals surface area contributed by atoms with Gasteiger partial charge in [-0.05, 0) is 32.0 Å². The minimum absolute atomic E-state index is 0.0493. The van der Waals surface area contributed by atoms with Gasteiger partial charge in [-0.1, -0.05) is 6.07 Å². The highest BCUT2D eigenvalue weighted by Crippen LogP contribution is 2.14. The van der Waals surface area contributed by atoms with Crippen LogP contribution in [0.5, 0.6) is 0 Å². The summed E-state index contributed by atoms with van der Waals surface area (Å²) in [6.45, 7) is 4.52. The van der Waals surface area contributed by atoms with Gasteiger partial charge in [-0.3, -0.25) is 4.79 Å². The van der Waals surface area contributed by atoms with Crippen LogP contribution in [-0.2, 0) is 4.79 Å². The molecule has 1 N–H and O–H groups in total. The molecule has 4 nitrogen and oxygen atoms in total. The molecule has 0 aliphatic carbocycles. The van der Waals surface area contributed by atoms with E-state index in [1.165, 1.54) is 0 Å². The number of carbonyl (C=O) groups is 1. The van der Waals surface area contributed by atoms with Crippen LogP contribution in [0.4, 0.5) is 5.69 Å². The zero-order valence-corrected chi connectivity index (χ0v) is 11.1. The Kier molecular flexibility index (Phi) is 5.19. The Morgan fingerprint density at radius 1 is 1.50 bits per heavy atom. The molecule has 1 amide bonds. The fourth-order valence-electron chi connectivity index (χ4n) is 1.61. The van der Waals surface area contributed by atoms with Gasteiger partial charge in [-0.15, -0.1) is 0 Å². The van der Waals surface area contributed by atoms with Crippen molar-refractivity contribution in [3.8, 4) is 6.07 Å². The molecule has 0 heterocycles. The molecule has 0 saturated heterocycles. The van der Waals surface area contributed by atoms with Crippen LogP contribution in [0.25, 0.3) is 0 Å². The van der Waals surface area contributed by atoms with Crippen molar-refractivity contribution in [2.24, 2.45) is 0 Å². The van der Waals surface area contributed by atoms with Crippen molar-refractivity contribution >= 4 is 11.6 Å². The van der Waals surface area contributed by atoms with E-state index in [0.29, 0.717) is 18.5 Å². The van der Waals surface area contributed by atoms with Crippen molar-refractivity contribution in [3.63, 3.8) is 0 Å². The van der Waals surface area contributed by atoms with Gasteiger partial charge >= 0.3 is 0 Å². The van der Waals surface area contributed by atoms with Crippen molar-refractivity contribution < 1.29 is 4.79 Å². The molecular weight excluding hydrogens is 226 g/mol. The zero-order chi connectivity index (χ0) is 13.5. The maximum atomic E-state index is 11.5. The average molecular weight is 245 g/mol. The summed E-state index contributed by atoms with van der Waals surface area (Å²) in [5.74, 6) is 0.0493. The molecule has 4 heteroatoms. The minimum atomic E-state index is 0.0493. The number of nitriles is 1. The van der Waals surface area contributed by atoms with E-state index in [4.69, 9.17) is 5.26 Å². The Labute approximate surface area is 108 Å². The van der Waals surface area contributed by atoms with Gasteiger partial charge in [0, 0.05) is 31.7 Å². The molecule has 0 spiro atoms. The van der Waals surface area contributed by atoms with Gasteiger partial charge in [0.15, 0.2) is 0 Å². The lowest BCUT2D eigenvalue weighted by molar-refractivity contribution is -0.121. The van der Waals surface area contributed by atoms with E-state index in [2.05, 4.69) is 11.4 Å². The van der Waals surface area contributed by atoms with Crippen LogP contribution in [0.2, 0.25) is 0 Å². The lowest BCUT2D eigenvalue weighted by Gasteiger charge is -2.19. The molecule has 0 bridgehead atoms. The summed E-state index contributed by atoms with van der Waals surface area (Å²) >= 11 is 0. The third-order valence-electron chi connectivity index (χ3n) is 2.54. The second-order valence-corrected chi connectivity index (χ2v) is 4.56. The van der Waals surface area contributed by atoms with Crippen molar-refractivity contribution in [2.75, 3.05) is 18.5 Å². The summed E-state index contributed by atoms with van der Waals surface area (Å²) in [5, 5.41) is 11.7. The standard InChI is InChI=1S/C14H19N3O/c1-11(2)16-14(18)7-8-17(3)13-6-4-5-12(9-13)10-15/h4-6,9,11H,7-8H2,1-3H3,(H,16,18). The SMILES string of the molecule is CC(C)NC(=O)CCN(C)c1cccc(C#N)c1. The smallest absolute Gasteiger partial charge is 0.221 e. The molecule has 0 saturated carbocycles. The first-order chi connectivity index (χ1) is 8.52. The Morgan fingerprint density at radius 2 is 2.22 bits per heavy atom. The normalized spacial score (nSPS) is 9.94. The van der Waals surface area contributed by atoms with E-state index < -0.39 is 0 Å². The third kappa shape index (κ3) is 4.46. The average Bonchev–Trinajstić information content (AvgIpc) is 2.35. The molecule has 0 aromatic heterocycles. The number of amides is 1. The van der Waals surface area contributed by atoms with Crippen LogP contribution in [0.3, 0.4) is 0 Å². The molecule has 96 valence electrons. The monoisotopic (exact) mass is 245 g/mol. The Bertz CT molecular complexity index is 449. The summed E-state index contributed by atoms with van der Waals surface area (Å²) < 4.78 is 0. The first-order valence-corrected chi connectivity index (χ1v) is 6.03. The summed E-state index contributed by atoms with van der Waals surface area (Å²) in [5.41, 5.74) is 1.58. The molecule has 0 unspecified atom stereocenters. The third-order valence-corrected chi connectivity index (χ3v) is 2.54. The second kappa shape index (κ2) is 6.65. The highest BCUT2D eigenvalue weighted by Gasteiger charge is 2.06. The molecule has 1 rings (SSSR count). The van der Waals surface area contributed by atoms with E-state index in [1.807, 2.05) is 44.0 Å². The van der Waals surface area contributed by atoms with Crippen LogP contribution in [0.15, 0.2) is 24.3 Å². The van der Waals surface area contributed by atoms with E-state index in [-0.39, 0.29) is 11.9 Å². The van der Waals surface area contributed by atoms with Crippen LogP contribution >= 0.6 is 0 Å². The van der Waals surface area contributed by atoms with Gasteiger partial charge in [0.1, 0.15) is 0 Å². The van der Waals surface area contributed by atoms with Gasteiger partial charge in [-0.25, -0.2) is 0 Å². The summed E-state index contributed by atoms with van der Waals surface area (Å²) in [6.07, 6.45) is 0.450. The predicted molar refractivity (Wildman–Crippen MR) is 72.3 cm³/mol. The maximum Gasteiger partial charge on any atom is 0.221 e. The summed E-state index contributed by atoms with van der Waals surface area (Å²) in [7, 11) is 1.92. The lowest BCUT2D eigenvalue weighted by atomic mass is 10.2. The number of hydrogen-bond donors (Lipinski definition) is 1. The largest absolute Gasteiger partial charge is 0.374 e. The lowest BCUT2D eigenvalue weighted by Crippen LogP contribution is -2.33. The fourth-order valence-corrected chi connectivity index (χ4v) is 1.61. The first kappa shape index (κ1) is 14.0. The minimum Gasteiger partial charge on any atom is -0.374 e. The Balaban J connectivity index is 2.52. The van der Waals surface area contributed by atoms with Gasteiger partial charge in [0.2, 0.25) is 5.91 Å². The summed E-state index contributed by atoms with van der Waals surface area (Å²) in [4.78, 5) is 13.5. The van der Waals surface area contributed by atoms with Gasteiger partial charge in [-0.2, -0.15) is 5.26 Å². The summed E-state index contributed by atoms with van der Waals surface area (Å²) in [6, 6.07) is 9.64. The number of carbonyl (C=O) groups excluding carboxylic acids is 1. The molecule has 0 radical (unpaired) electrons. The Morgan fingerprint density at radius 3 is 2.83 bits per heavy atom. The van der Waals surface area contributed by atoms with E-state index in [1.54, 1.807) is 6.07 Å². The van der Waals surface area contributed by atoms with Gasteiger partial charge < -0.3 is 10.2 Å². The number of rotatable bonds is 5. The second-order valence-electron chi connectivity index (χ2n) is 4.56. The molecule has 18 heavy (non-hydrogen) atoms. The molecule has 1 aromatic rings. The van der Waals surface area contributed by atoms with Crippen molar-refractivity contribution in [1.29, 1.82) is 5.26 Å². The number of hydrogen-bond acceptors (Lipinski definition) is 3. The van der Waals surface area contributed by atoms with Crippen molar-refractivity contribution in [2.45, 2.75) is 26.3 Å². The quantitative estimate of drug-likeness (QED) is 0.862. The number of benzene rings is 1. The highest BCUT2D eigenvalue weighted by atomic mass is 16.1. The maximum absolute atomic E-state index is 11.5. The molecule has 0 fully saturated rings. The molecule has 1 aromatic carbocycles. The van der Waals surface area contributed by atoms with E-state index in [0.717, 1.165) is 5.69 Å². The number of anilines is 1. The predicted octanol–water partition coefficient (Wildman–Crippen LogP) is 1.91. The topological polar surface area (TPSA) is 56.1 Å². The van der Waals surface area contributed by atoms with Crippen LogP contribution < -0.4 is 10.2 Å². The molecular formula is C14H19N3O. The highest BCUT2D eigenvalue weighted by molar-refractivity contribution is 5.76. The van der Waals surface area contributed by atoms with Crippen molar-refractivity contribution in [1.82, 2.24) is 5.32 Å². The number of nitrogens with zero attached hydrogens (tertiary/aromatic N) is 2. The first-order valence-electron chi connectivity index (χ1n) is 6.03. The van der Waals surface area contributed by atoms with Crippen LogP contribution in [0, 0.1) is 11.3 Å². The van der Waals surface area contributed by atoms with Crippen LogP contribution in [-0.4, -0.2) is 25.5 Å². The number of nitrogens with one attached hydrogen (secondary N) is 1. The molecule has 0 aliphatic rings.